The average Bonchev–Trinajstić information content (AvgIpc) is 3.12. The Bertz CT molecular complexity index is 1090. The van der Waals surface area contributed by atoms with Crippen molar-refractivity contribution in [1.29, 1.82) is 0 Å². The van der Waals surface area contributed by atoms with Crippen LogP contribution in [-0.2, 0) is 6.42 Å². The van der Waals surface area contributed by atoms with Gasteiger partial charge in [0.15, 0.2) is 0 Å². The normalized spacial score (nSPS) is 10.6. The van der Waals surface area contributed by atoms with Crippen molar-refractivity contribution >= 4 is 17.5 Å². The van der Waals surface area contributed by atoms with E-state index in [4.69, 9.17) is 10.3 Å². The molecule has 4 aromatic rings. The Morgan fingerprint density at radius 2 is 1.79 bits per heavy atom. The summed E-state index contributed by atoms with van der Waals surface area (Å²) in [6.07, 6.45) is 3.95. The summed E-state index contributed by atoms with van der Waals surface area (Å²) in [7, 11) is 0. The summed E-state index contributed by atoms with van der Waals surface area (Å²) in [5, 5.41) is 6.88. The maximum atomic E-state index is 13.0. The van der Waals surface area contributed by atoms with Gasteiger partial charge in [0.05, 0.1) is 0 Å². The molecule has 0 aliphatic carbocycles. The third-order valence-corrected chi connectivity index (χ3v) is 4.38. The molecule has 0 unspecified atom stereocenters. The van der Waals surface area contributed by atoms with Crippen molar-refractivity contribution < 1.29 is 9.32 Å². The van der Waals surface area contributed by atoms with Crippen molar-refractivity contribution in [2.24, 2.45) is 0 Å². The number of hydrogen-bond acceptors (Lipinski definition) is 5. The number of nitrogens with one attached hydrogen (secondary N) is 1. The molecular formula is C22H18N4O2. The number of hydrogen-bond donors (Lipinski definition) is 2. The minimum Gasteiger partial charge on any atom is -0.367 e. The molecule has 0 aliphatic rings. The molecule has 2 heterocycles. The first-order chi connectivity index (χ1) is 13.7. The van der Waals surface area contributed by atoms with Crippen LogP contribution in [0.25, 0.3) is 11.3 Å². The number of nitrogen functional groups attached to an aromatic ring is 1. The number of pyridine rings is 1. The van der Waals surface area contributed by atoms with Crippen LogP contribution in [0.2, 0.25) is 0 Å². The smallest absolute Gasteiger partial charge is 0.263 e. The van der Waals surface area contributed by atoms with E-state index in [0.29, 0.717) is 23.4 Å². The van der Waals surface area contributed by atoms with Crippen LogP contribution >= 0.6 is 0 Å². The van der Waals surface area contributed by atoms with E-state index in [1.165, 1.54) is 0 Å². The summed E-state index contributed by atoms with van der Waals surface area (Å²) in [6, 6.07) is 21.3. The summed E-state index contributed by atoms with van der Waals surface area (Å²) in [6.45, 7) is 0. The summed E-state index contributed by atoms with van der Waals surface area (Å²) in [5.74, 6) is -0.407. The van der Waals surface area contributed by atoms with Crippen molar-refractivity contribution in [2.45, 2.75) is 6.42 Å². The molecule has 0 atom stereocenters. The lowest BCUT2D eigenvalue weighted by atomic mass is 10.0. The lowest BCUT2D eigenvalue weighted by Crippen LogP contribution is -2.15. The van der Waals surface area contributed by atoms with Gasteiger partial charge in [-0.3, -0.25) is 9.78 Å². The van der Waals surface area contributed by atoms with E-state index in [9.17, 15) is 4.79 Å². The van der Waals surface area contributed by atoms with Crippen molar-refractivity contribution in [2.75, 3.05) is 11.1 Å². The van der Waals surface area contributed by atoms with E-state index in [-0.39, 0.29) is 17.4 Å². The first kappa shape index (κ1) is 17.5. The molecule has 6 nitrogen and oxygen atoms in total. The number of anilines is 2. The van der Waals surface area contributed by atoms with Gasteiger partial charge in [-0.25, -0.2) is 0 Å². The van der Waals surface area contributed by atoms with Gasteiger partial charge >= 0.3 is 0 Å². The largest absolute Gasteiger partial charge is 0.367 e. The second-order valence-electron chi connectivity index (χ2n) is 6.29. The van der Waals surface area contributed by atoms with Gasteiger partial charge < -0.3 is 15.6 Å². The van der Waals surface area contributed by atoms with Crippen LogP contribution in [0.4, 0.5) is 11.6 Å². The van der Waals surface area contributed by atoms with Gasteiger partial charge in [0, 0.05) is 23.6 Å². The Morgan fingerprint density at radius 3 is 2.57 bits per heavy atom. The van der Waals surface area contributed by atoms with Gasteiger partial charge in [-0.2, -0.15) is 0 Å². The number of benzene rings is 2. The highest BCUT2D eigenvalue weighted by Gasteiger charge is 2.23. The molecule has 0 bridgehead atoms. The van der Waals surface area contributed by atoms with Gasteiger partial charge in [-0.15, -0.1) is 0 Å². The van der Waals surface area contributed by atoms with Crippen LogP contribution < -0.4 is 11.1 Å². The van der Waals surface area contributed by atoms with Gasteiger partial charge in [-0.05, 0) is 35.7 Å². The van der Waals surface area contributed by atoms with E-state index in [0.717, 1.165) is 11.1 Å². The Labute approximate surface area is 162 Å². The van der Waals surface area contributed by atoms with E-state index >= 15 is 0 Å². The number of nitrogens with two attached hydrogens (primary N) is 1. The standard InChI is InChI=1S/C22H18N4O2/c23-21-19(20(26-28-21)17-10-6-12-24-14-17)22(27)25-18-11-5-4-9-16(18)13-15-7-2-1-3-8-15/h1-12,14H,13,23H2,(H,25,27). The van der Waals surface area contributed by atoms with E-state index < -0.39 is 0 Å². The average molecular weight is 370 g/mol. The third kappa shape index (κ3) is 3.61. The maximum absolute atomic E-state index is 13.0. The fraction of sp³-hybridized carbons (Fsp3) is 0.0455. The second kappa shape index (κ2) is 7.75. The van der Waals surface area contributed by atoms with Crippen LogP contribution in [0, 0.1) is 0 Å². The molecule has 2 aromatic heterocycles. The van der Waals surface area contributed by atoms with Crippen molar-refractivity contribution in [3.8, 4) is 11.3 Å². The lowest BCUT2D eigenvalue weighted by Gasteiger charge is -2.11. The van der Waals surface area contributed by atoms with Crippen molar-refractivity contribution in [1.82, 2.24) is 10.1 Å². The fourth-order valence-electron chi connectivity index (χ4n) is 3.02. The first-order valence-electron chi connectivity index (χ1n) is 8.81. The maximum Gasteiger partial charge on any atom is 0.263 e. The first-order valence-corrected chi connectivity index (χ1v) is 8.81. The number of rotatable bonds is 5. The number of nitrogens with zero attached hydrogens (tertiary/aromatic N) is 2. The van der Waals surface area contributed by atoms with E-state index in [2.05, 4.69) is 27.6 Å². The van der Waals surface area contributed by atoms with Crippen LogP contribution in [0.1, 0.15) is 21.5 Å². The summed E-state index contributed by atoms with van der Waals surface area (Å²) in [5.41, 5.74) is 9.98. The van der Waals surface area contributed by atoms with Crippen molar-refractivity contribution in [3.05, 3.63) is 95.8 Å². The molecule has 2 aromatic carbocycles. The number of aromatic nitrogens is 2. The van der Waals surface area contributed by atoms with Gasteiger partial charge in [0.2, 0.25) is 5.88 Å². The van der Waals surface area contributed by atoms with Crippen molar-refractivity contribution in [3.63, 3.8) is 0 Å². The molecule has 6 heteroatoms. The molecule has 0 spiro atoms. The molecule has 4 rings (SSSR count). The third-order valence-electron chi connectivity index (χ3n) is 4.38. The summed E-state index contributed by atoms with van der Waals surface area (Å²) in [4.78, 5) is 17.0. The second-order valence-corrected chi connectivity index (χ2v) is 6.29. The van der Waals surface area contributed by atoms with E-state index in [1.807, 2.05) is 42.5 Å². The highest BCUT2D eigenvalue weighted by atomic mass is 16.5. The Hall–Kier alpha value is -3.93. The quantitative estimate of drug-likeness (QED) is 0.550. The molecule has 3 N–H and O–H groups in total. The van der Waals surface area contributed by atoms with Gasteiger partial charge in [0.1, 0.15) is 11.3 Å². The molecule has 0 saturated heterocycles. The number of carbonyl (C=O) groups excluding carboxylic acids is 1. The summed E-state index contributed by atoms with van der Waals surface area (Å²) < 4.78 is 5.07. The predicted octanol–water partition coefficient (Wildman–Crippen LogP) is 4.16. The van der Waals surface area contributed by atoms with Gasteiger partial charge in [-0.1, -0.05) is 53.7 Å². The molecule has 0 aliphatic heterocycles. The fourth-order valence-corrected chi connectivity index (χ4v) is 3.02. The molecule has 1 amide bonds. The lowest BCUT2D eigenvalue weighted by molar-refractivity contribution is 0.102. The minimum absolute atomic E-state index is 0.0307. The van der Waals surface area contributed by atoms with Gasteiger partial charge in [0.25, 0.3) is 5.91 Å². The predicted molar refractivity (Wildman–Crippen MR) is 108 cm³/mol. The van der Waals surface area contributed by atoms with Crippen LogP contribution in [-0.4, -0.2) is 16.0 Å². The zero-order chi connectivity index (χ0) is 19.3. The molecule has 138 valence electrons. The number of carbonyl (C=O) groups is 1. The van der Waals surface area contributed by atoms with Crippen LogP contribution in [0.5, 0.6) is 0 Å². The highest BCUT2D eigenvalue weighted by molar-refractivity contribution is 6.11. The minimum atomic E-state index is -0.377. The Kier molecular flexibility index (Phi) is 4.84. The zero-order valence-electron chi connectivity index (χ0n) is 15.0. The SMILES string of the molecule is Nc1onc(-c2cccnc2)c1C(=O)Nc1ccccc1Cc1ccccc1. The monoisotopic (exact) mass is 370 g/mol. The molecular weight excluding hydrogens is 352 g/mol. The molecule has 0 radical (unpaired) electrons. The Morgan fingerprint density at radius 1 is 1.00 bits per heavy atom. The van der Waals surface area contributed by atoms with Crippen LogP contribution in [0.3, 0.4) is 0 Å². The number of para-hydroxylation sites is 1. The zero-order valence-corrected chi connectivity index (χ0v) is 15.0. The highest BCUT2D eigenvalue weighted by Crippen LogP contribution is 2.28. The molecule has 0 fully saturated rings. The van der Waals surface area contributed by atoms with Crippen LogP contribution in [0.15, 0.2) is 83.6 Å². The summed E-state index contributed by atoms with van der Waals surface area (Å²) >= 11 is 0. The molecule has 0 saturated carbocycles. The number of amides is 1. The molecule has 28 heavy (non-hydrogen) atoms. The Balaban J connectivity index is 1.63. The van der Waals surface area contributed by atoms with E-state index in [1.54, 1.807) is 24.5 Å². The topological polar surface area (TPSA) is 94.0 Å².